The number of nitro benzene ring substituents is 1. The molecule has 88 valence electrons. The molecule has 0 unspecified atom stereocenters. The van der Waals surface area contributed by atoms with Gasteiger partial charge in [0.1, 0.15) is 5.75 Å². The van der Waals surface area contributed by atoms with Gasteiger partial charge in [-0.2, -0.15) is 0 Å². The lowest BCUT2D eigenvalue weighted by Gasteiger charge is -2.08. The van der Waals surface area contributed by atoms with E-state index >= 15 is 0 Å². The number of nitrogens with one attached hydrogen (secondary N) is 1. The Balaban J connectivity index is 2.93. The summed E-state index contributed by atoms with van der Waals surface area (Å²) in [5, 5.41) is 13.8. The van der Waals surface area contributed by atoms with Crippen LogP contribution in [0.1, 0.15) is 20.3 Å². The topological polar surface area (TPSA) is 64.4 Å². The fourth-order valence-corrected chi connectivity index (χ4v) is 1.31. The van der Waals surface area contributed by atoms with Crippen LogP contribution >= 0.6 is 0 Å². The highest BCUT2D eigenvalue weighted by Crippen LogP contribution is 2.25. The number of hydrogen-bond acceptors (Lipinski definition) is 4. The van der Waals surface area contributed by atoms with E-state index in [1.54, 1.807) is 6.07 Å². The first kappa shape index (κ1) is 12.3. The summed E-state index contributed by atoms with van der Waals surface area (Å²) >= 11 is 0. The molecule has 1 aromatic carbocycles. The molecule has 1 aromatic rings. The molecule has 0 radical (unpaired) electrons. The Hall–Kier alpha value is -1.78. The van der Waals surface area contributed by atoms with Crippen LogP contribution in [-0.4, -0.2) is 18.1 Å². The van der Waals surface area contributed by atoms with Gasteiger partial charge in [-0.25, -0.2) is 0 Å². The Kier molecular flexibility index (Phi) is 4.57. The lowest BCUT2D eigenvalue weighted by molar-refractivity contribution is -0.384. The molecular weight excluding hydrogens is 208 g/mol. The molecule has 1 rings (SSSR count). The zero-order valence-electron chi connectivity index (χ0n) is 9.53. The van der Waals surface area contributed by atoms with Crippen molar-refractivity contribution < 1.29 is 9.66 Å². The van der Waals surface area contributed by atoms with E-state index in [9.17, 15) is 10.1 Å². The normalized spacial score (nSPS) is 9.88. The minimum Gasteiger partial charge on any atom is -0.494 e. The second-order valence-corrected chi connectivity index (χ2v) is 3.33. The van der Waals surface area contributed by atoms with Crippen molar-refractivity contribution in [3.05, 3.63) is 28.3 Å². The first-order valence-electron chi connectivity index (χ1n) is 5.33. The molecule has 5 heteroatoms. The minimum absolute atomic E-state index is 0.0459. The third-order valence-electron chi connectivity index (χ3n) is 1.99. The number of nitro groups is 1. The molecule has 16 heavy (non-hydrogen) atoms. The molecule has 0 aliphatic rings. The Morgan fingerprint density at radius 3 is 2.69 bits per heavy atom. The smallest absolute Gasteiger partial charge is 0.275 e. The van der Waals surface area contributed by atoms with Gasteiger partial charge in [0.2, 0.25) is 0 Å². The van der Waals surface area contributed by atoms with Crippen LogP contribution in [0.4, 0.5) is 11.4 Å². The zero-order valence-corrected chi connectivity index (χ0v) is 9.53. The van der Waals surface area contributed by atoms with E-state index in [1.165, 1.54) is 12.1 Å². The van der Waals surface area contributed by atoms with E-state index in [0.717, 1.165) is 18.7 Å². The van der Waals surface area contributed by atoms with Crippen LogP contribution in [0.3, 0.4) is 0 Å². The average molecular weight is 224 g/mol. The predicted octanol–water partition coefficient (Wildman–Crippen LogP) is 2.82. The number of non-ortho nitro benzene ring substituents is 1. The fraction of sp³-hybridized carbons (Fsp3) is 0.455. The monoisotopic (exact) mass is 224 g/mol. The molecule has 0 aliphatic carbocycles. The van der Waals surface area contributed by atoms with Crippen molar-refractivity contribution in [2.45, 2.75) is 20.3 Å². The van der Waals surface area contributed by atoms with Crippen LogP contribution in [0.2, 0.25) is 0 Å². The maximum absolute atomic E-state index is 10.7. The minimum atomic E-state index is -0.417. The van der Waals surface area contributed by atoms with Gasteiger partial charge < -0.3 is 10.1 Å². The summed E-state index contributed by atoms with van der Waals surface area (Å²) in [5.41, 5.74) is 0.768. The lowest BCUT2D eigenvalue weighted by Crippen LogP contribution is -2.01. The van der Waals surface area contributed by atoms with Crippen molar-refractivity contribution in [1.29, 1.82) is 0 Å². The van der Waals surface area contributed by atoms with E-state index in [4.69, 9.17) is 4.74 Å². The highest BCUT2D eigenvalue weighted by Gasteiger charge is 2.09. The second kappa shape index (κ2) is 5.95. The van der Waals surface area contributed by atoms with Gasteiger partial charge in [-0.1, -0.05) is 6.92 Å². The predicted molar refractivity (Wildman–Crippen MR) is 63.0 cm³/mol. The van der Waals surface area contributed by atoms with Crippen molar-refractivity contribution in [2.24, 2.45) is 0 Å². The van der Waals surface area contributed by atoms with Crippen LogP contribution in [0, 0.1) is 10.1 Å². The molecule has 0 amide bonds. The maximum atomic E-state index is 10.7. The highest BCUT2D eigenvalue weighted by atomic mass is 16.6. The van der Waals surface area contributed by atoms with Crippen LogP contribution in [0.15, 0.2) is 18.2 Å². The molecule has 0 spiro atoms. The molecule has 0 fully saturated rings. The summed E-state index contributed by atoms with van der Waals surface area (Å²) < 4.78 is 5.27. The summed E-state index contributed by atoms with van der Waals surface area (Å²) in [6.07, 6.45) is 0.965. The third-order valence-corrected chi connectivity index (χ3v) is 1.99. The summed E-state index contributed by atoms with van der Waals surface area (Å²) in [5.74, 6) is 0.523. The van der Waals surface area contributed by atoms with Crippen molar-refractivity contribution in [3.8, 4) is 5.75 Å². The average Bonchev–Trinajstić information content (AvgIpc) is 2.26. The van der Waals surface area contributed by atoms with E-state index in [1.807, 2.05) is 13.8 Å². The first-order valence-corrected chi connectivity index (χ1v) is 5.33. The Morgan fingerprint density at radius 1 is 1.38 bits per heavy atom. The number of anilines is 1. The van der Waals surface area contributed by atoms with Crippen LogP contribution in [0.25, 0.3) is 0 Å². The van der Waals surface area contributed by atoms with Crippen LogP contribution in [-0.2, 0) is 0 Å². The summed E-state index contributed by atoms with van der Waals surface area (Å²) in [6.45, 7) is 5.16. The summed E-state index contributed by atoms with van der Waals surface area (Å²) in [4.78, 5) is 10.3. The molecule has 0 saturated heterocycles. The molecule has 0 aromatic heterocycles. The van der Waals surface area contributed by atoms with Crippen molar-refractivity contribution in [3.63, 3.8) is 0 Å². The van der Waals surface area contributed by atoms with Gasteiger partial charge in [0.05, 0.1) is 17.6 Å². The van der Waals surface area contributed by atoms with E-state index in [0.29, 0.717) is 12.4 Å². The molecule has 0 atom stereocenters. The highest BCUT2D eigenvalue weighted by molar-refractivity contribution is 5.56. The zero-order chi connectivity index (χ0) is 12.0. The number of nitrogens with zero attached hydrogens (tertiary/aromatic N) is 1. The van der Waals surface area contributed by atoms with Crippen molar-refractivity contribution in [1.82, 2.24) is 0 Å². The van der Waals surface area contributed by atoms with Gasteiger partial charge >= 0.3 is 0 Å². The van der Waals surface area contributed by atoms with Gasteiger partial charge in [-0.05, 0) is 13.3 Å². The molecule has 5 nitrogen and oxygen atoms in total. The molecule has 0 saturated carbocycles. The van der Waals surface area contributed by atoms with Gasteiger partial charge in [-0.3, -0.25) is 10.1 Å². The fourth-order valence-electron chi connectivity index (χ4n) is 1.31. The lowest BCUT2D eigenvalue weighted by atomic mass is 10.2. The maximum Gasteiger partial charge on any atom is 0.275 e. The Morgan fingerprint density at radius 2 is 2.12 bits per heavy atom. The van der Waals surface area contributed by atoms with Gasteiger partial charge in [0.15, 0.2) is 0 Å². The quantitative estimate of drug-likeness (QED) is 0.596. The van der Waals surface area contributed by atoms with Crippen LogP contribution < -0.4 is 10.1 Å². The van der Waals surface area contributed by atoms with Gasteiger partial charge in [-0.15, -0.1) is 0 Å². The van der Waals surface area contributed by atoms with Crippen molar-refractivity contribution in [2.75, 3.05) is 18.5 Å². The third kappa shape index (κ3) is 3.42. The molecule has 0 heterocycles. The standard InChI is InChI=1S/C11H16N2O3/c1-3-5-12-9-6-10(13(14)15)8-11(7-9)16-4-2/h6-8,12H,3-5H2,1-2H3. The van der Waals surface area contributed by atoms with E-state index < -0.39 is 4.92 Å². The Bertz CT molecular complexity index is 366. The number of rotatable bonds is 6. The first-order chi connectivity index (χ1) is 7.67. The van der Waals surface area contributed by atoms with E-state index in [-0.39, 0.29) is 5.69 Å². The molecular formula is C11H16N2O3. The summed E-state index contributed by atoms with van der Waals surface area (Å²) in [7, 11) is 0. The molecule has 0 aliphatic heterocycles. The van der Waals surface area contributed by atoms with Crippen LogP contribution in [0.5, 0.6) is 5.75 Å². The number of ether oxygens (including phenoxy) is 1. The number of hydrogen-bond donors (Lipinski definition) is 1. The van der Waals surface area contributed by atoms with Crippen molar-refractivity contribution >= 4 is 11.4 Å². The van der Waals surface area contributed by atoms with E-state index in [2.05, 4.69) is 5.32 Å². The van der Waals surface area contributed by atoms with Gasteiger partial charge in [0, 0.05) is 24.4 Å². The molecule has 1 N–H and O–H groups in total. The Labute approximate surface area is 94.6 Å². The SMILES string of the molecule is CCCNc1cc(OCC)cc([N+](=O)[O-])c1. The summed E-state index contributed by atoms with van der Waals surface area (Å²) in [6, 6.07) is 4.71. The van der Waals surface area contributed by atoms with Gasteiger partial charge in [0.25, 0.3) is 5.69 Å². The largest absolute Gasteiger partial charge is 0.494 e. The number of benzene rings is 1. The molecule has 0 bridgehead atoms. The second-order valence-electron chi connectivity index (χ2n) is 3.33.